The largest absolute Gasteiger partial charge is 0.361 e. The van der Waals surface area contributed by atoms with E-state index in [4.69, 9.17) is 4.52 Å². The van der Waals surface area contributed by atoms with Gasteiger partial charge in [-0.2, -0.15) is 0 Å². The van der Waals surface area contributed by atoms with Crippen LogP contribution in [0.15, 0.2) is 47.1 Å². The van der Waals surface area contributed by atoms with Crippen LogP contribution in [0.4, 0.5) is 11.5 Å². The predicted octanol–water partition coefficient (Wildman–Crippen LogP) is 4.82. The van der Waals surface area contributed by atoms with E-state index in [9.17, 15) is 0 Å². The number of aryl methyl sites for hydroxylation is 3. The Morgan fingerprint density at radius 1 is 1.09 bits per heavy atom. The highest BCUT2D eigenvalue weighted by Crippen LogP contribution is 2.34. The third-order valence-electron chi connectivity index (χ3n) is 4.06. The highest BCUT2D eigenvalue weighted by molar-refractivity contribution is 5.75. The van der Waals surface area contributed by atoms with Crippen LogP contribution in [-0.2, 0) is 0 Å². The molecule has 4 heteroatoms. The number of nitrogens with zero attached hydrogens (tertiary/aromatic N) is 3. The zero-order chi connectivity index (χ0) is 16.4. The van der Waals surface area contributed by atoms with Crippen LogP contribution in [0.1, 0.15) is 23.9 Å². The average molecular weight is 307 g/mol. The minimum atomic E-state index is 0.846. The van der Waals surface area contributed by atoms with Crippen molar-refractivity contribution in [3.05, 3.63) is 59.6 Å². The minimum absolute atomic E-state index is 0.846. The van der Waals surface area contributed by atoms with Crippen molar-refractivity contribution >= 4 is 11.5 Å². The van der Waals surface area contributed by atoms with E-state index in [0.29, 0.717) is 0 Å². The smallest absolute Gasteiger partial charge is 0.141 e. The topological polar surface area (TPSA) is 42.2 Å². The lowest BCUT2D eigenvalue weighted by Gasteiger charge is -2.24. The van der Waals surface area contributed by atoms with Gasteiger partial charge in [0.25, 0.3) is 0 Å². The quantitative estimate of drug-likeness (QED) is 0.693. The van der Waals surface area contributed by atoms with Gasteiger partial charge in [-0.1, -0.05) is 23.4 Å². The van der Waals surface area contributed by atoms with E-state index in [0.717, 1.165) is 40.6 Å². The van der Waals surface area contributed by atoms with Crippen molar-refractivity contribution in [1.82, 2.24) is 10.1 Å². The Hall–Kier alpha value is -2.62. The van der Waals surface area contributed by atoms with Crippen LogP contribution in [0.3, 0.4) is 0 Å². The molecule has 3 rings (SSSR count). The van der Waals surface area contributed by atoms with Gasteiger partial charge in [-0.05, 0) is 57.0 Å². The summed E-state index contributed by atoms with van der Waals surface area (Å²) < 4.78 is 5.32. The Kier molecular flexibility index (Phi) is 4.15. The summed E-state index contributed by atoms with van der Waals surface area (Å²) >= 11 is 0. The molecule has 1 aromatic carbocycles. The Morgan fingerprint density at radius 3 is 2.52 bits per heavy atom. The summed E-state index contributed by atoms with van der Waals surface area (Å²) in [5.74, 6) is 1.80. The number of anilines is 2. The van der Waals surface area contributed by atoms with E-state index in [-0.39, 0.29) is 0 Å². The van der Waals surface area contributed by atoms with Crippen molar-refractivity contribution in [3.8, 4) is 11.1 Å². The maximum absolute atomic E-state index is 5.32. The van der Waals surface area contributed by atoms with Crippen molar-refractivity contribution in [2.45, 2.75) is 27.7 Å². The molecule has 0 fully saturated rings. The van der Waals surface area contributed by atoms with Crippen molar-refractivity contribution in [1.29, 1.82) is 0 Å². The van der Waals surface area contributed by atoms with Gasteiger partial charge in [-0.15, -0.1) is 0 Å². The van der Waals surface area contributed by atoms with Gasteiger partial charge in [0, 0.05) is 24.0 Å². The summed E-state index contributed by atoms with van der Waals surface area (Å²) in [6.07, 6.45) is 1.82. The summed E-state index contributed by atoms with van der Waals surface area (Å²) in [6, 6.07) is 12.4. The molecule has 0 N–H and O–H groups in total. The van der Waals surface area contributed by atoms with Crippen LogP contribution in [-0.4, -0.2) is 16.7 Å². The van der Waals surface area contributed by atoms with Gasteiger partial charge in [-0.25, -0.2) is 4.98 Å². The highest BCUT2D eigenvalue weighted by Gasteiger charge is 2.16. The molecule has 4 nitrogen and oxygen atoms in total. The first-order chi connectivity index (χ1) is 11.1. The molecule has 2 heterocycles. The molecule has 0 aliphatic carbocycles. The fourth-order valence-corrected chi connectivity index (χ4v) is 2.92. The fourth-order valence-electron chi connectivity index (χ4n) is 2.92. The number of aromatic nitrogens is 2. The maximum Gasteiger partial charge on any atom is 0.141 e. The molecule has 0 aliphatic heterocycles. The monoisotopic (exact) mass is 307 g/mol. The van der Waals surface area contributed by atoms with Crippen molar-refractivity contribution in [3.63, 3.8) is 0 Å². The summed E-state index contributed by atoms with van der Waals surface area (Å²) in [5, 5.41) is 4.07. The molecular weight excluding hydrogens is 286 g/mol. The second kappa shape index (κ2) is 6.24. The maximum atomic E-state index is 5.32. The Morgan fingerprint density at radius 2 is 1.91 bits per heavy atom. The molecule has 0 saturated heterocycles. The Balaban J connectivity index is 2.11. The van der Waals surface area contributed by atoms with Crippen LogP contribution >= 0.6 is 0 Å². The molecule has 0 atom stereocenters. The van der Waals surface area contributed by atoms with Gasteiger partial charge in [0.05, 0.1) is 5.69 Å². The van der Waals surface area contributed by atoms with Gasteiger partial charge < -0.3 is 9.42 Å². The Labute approximate surface area is 136 Å². The van der Waals surface area contributed by atoms with Gasteiger partial charge in [0.1, 0.15) is 11.6 Å². The van der Waals surface area contributed by atoms with Crippen LogP contribution in [0.25, 0.3) is 11.1 Å². The fraction of sp³-hybridized carbons (Fsp3) is 0.263. The van der Waals surface area contributed by atoms with Gasteiger partial charge in [-0.3, -0.25) is 0 Å². The zero-order valence-electron chi connectivity index (χ0n) is 14.0. The highest BCUT2D eigenvalue weighted by atomic mass is 16.5. The molecule has 118 valence electrons. The molecule has 0 amide bonds. The molecule has 0 saturated carbocycles. The number of pyridine rings is 1. The Bertz CT molecular complexity index is 789. The zero-order valence-corrected chi connectivity index (χ0v) is 14.0. The molecule has 3 aromatic rings. The molecule has 0 bridgehead atoms. The lowest BCUT2D eigenvalue weighted by atomic mass is 10.0. The van der Waals surface area contributed by atoms with E-state index in [1.165, 1.54) is 5.56 Å². The molecule has 0 unspecified atom stereocenters. The second-order valence-electron chi connectivity index (χ2n) is 5.63. The van der Waals surface area contributed by atoms with Crippen molar-refractivity contribution in [2.24, 2.45) is 0 Å². The van der Waals surface area contributed by atoms with Gasteiger partial charge >= 0.3 is 0 Å². The third-order valence-corrected chi connectivity index (χ3v) is 4.06. The van der Waals surface area contributed by atoms with Gasteiger partial charge in [0.15, 0.2) is 0 Å². The summed E-state index contributed by atoms with van der Waals surface area (Å²) in [6.45, 7) is 9.03. The summed E-state index contributed by atoms with van der Waals surface area (Å²) in [4.78, 5) is 6.71. The lowest BCUT2D eigenvalue weighted by molar-refractivity contribution is 0.393. The van der Waals surface area contributed by atoms with E-state index in [2.05, 4.69) is 47.1 Å². The number of rotatable bonds is 4. The van der Waals surface area contributed by atoms with Crippen molar-refractivity contribution < 1.29 is 4.52 Å². The minimum Gasteiger partial charge on any atom is -0.361 e. The van der Waals surface area contributed by atoms with Crippen LogP contribution < -0.4 is 4.90 Å². The first kappa shape index (κ1) is 15.3. The molecular formula is C19H21N3O. The third kappa shape index (κ3) is 2.84. The van der Waals surface area contributed by atoms with Crippen molar-refractivity contribution in [2.75, 3.05) is 11.4 Å². The normalized spacial score (nSPS) is 10.8. The van der Waals surface area contributed by atoms with E-state index in [1.54, 1.807) is 0 Å². The van der Waals surface area contributed by atoms with Crippen LogP contribution in [0, 0.1) is 20.8 Å². The number of hydrogen-bond acceptors (Lipinski definition) is 4. The number of hydrogen-bond donors (Lipinski definition) is 0. The molecule has 2 aromatic heterocycles. The summed E-state index contributed by atoms with van der Waals surface area (Å²) in [7, 11) is 0. The average Bonchev–Trinajstić information content (AvgIpc) is 2.90. The second-order valence-corrected chi connectivity index (χ2v) is 5.63. The number of benzene rings is 1. The lowest BCUT2D eigenvalue weighted by Crippen LogP contribution is -2.18. The molecule has 0 radical (unpaired) electrons. The molecule has 23 heavy (non-hydrogen) atoms. The first-order valence-electron chi connectivity index (χ1n) is 7.84. The SMILES string of the molecule is CCN(c1ccccn1)c1cc(-c2c(C)noc2C)ccc1C. The summed E-state index contributed by atoms with van der Waals surface area (Å²) in [5.41, 5.74) is 5.48. The van der Waals surface area contributed by atoms with E-state index >= 15 is 0 Å². The first-order valence-corrected chi connectivity index (χ1v) is 7.84. The standard InChI is InChI=1S/C19H21N3O/c1-5-22(18-8-6-7-11-20-18)17-12-16(10-9-13(17)2)19-14(3)21-23-15(19)4/h6-12H,5H2,1-4H3. The van der Waals surface area contributed by atoms with Gasteiger partial charge in [0.2, 0.25) is 0 Å². The van der Waals surface area contributed by atoms with Crippen LogP contribution in [0.2, 0.25) is 0 Å². The van der Waals surface area contributed by atoms with Crippen LogP contribution in [0.5, 0.6) is 0 Å². The van der Waals surface area contributed by atoms with E-state index < -0.39 is 0 Å². The molecule has 0 spiro atoms. The predicted molar refractivity (Wildman–Crippen MR) is 93.1 cm³/mol. The molecule has 0 aliphatic rings. The van der Waals surface area contributed by atoms with E-state index in [1.807, 2.05) is 38.2 Å².